The highest BCUT2D eigenvalue weighted by atomic mass is 16.4. The van der Waals surface area contributed by atoms with Crippen molar-refractivity contribution in [2.75, 3.05) is 13.1 Å². The number of carboxylic acids is 2. The molecule has 0 saturated carbocycles. The highest BCUT2D eigenvalue weighted by Gasteiger charge is 1.88. The number of hydrogen-bond acceptors (Lipinski definition) is 3. The lowest BCUT2D eigenvalue weighted by Crippen LogP contribution is -2.09. The molecule has 5 nitrogen and oxygen atoms in total. The molecule has 0 aromatic heterocycles. The van der Waals surface area contributed by atoms with E-state index in [0.717, 1.165) is 13.1 Å². The Labute approximate surface area is 77.1 Å². The van der Waals surface area contributed by atoms with Crippen LogP contribution >= 0.6 is 0 Å². The summed E-state index contributed by atoms with van der Waals surface area (Å²) in [6, 6.07) is 0. The molecule has 13 heavy (non-hydrogen) atoms. The van der Waals surface area contributed by atoms with Crippen molar-refractivity contribution in [3.05, 3.63) is 12.2 Å². The second-order valence-corrected chi connectivity index (χ2v) is 1.97. The quantitative estimate of drug-likeness (QED) is 0.555. The number of hydrogen-bond donors (Lipinski definition) is 3. The molecular formula is C8H15NO4. The minimum absolute atomic E-state index is 0.558. The van der Waals surface area contributed by atoms with E-state index >= 15 is 0 Å². The van der Waals surface area contributed by atoms with Gasteiger partial charge in [-0.2, -0.15) is 0 Å². The SMILES string of the molecule is CCNCC.O=C(O)/C=C/C(=O)O. The van der Waals surface area contributed by atoms with Gasteiger partial charge in [0, 0.05) is 12.2 Å². The zero-order valence-corrected chi connectivity index (χ0v) is 7.78. The molecule has 0 aliphatic carbocycles. The molecule has 0 aromatic rings. The molecule has 0 spiro atoms. The number of rotatable bonds is 4. The molecule has 0 bridgehead atoms. The van der Waals surface area contributed by atoms with Crippen LogP contribution in [0.3, 0.4) is 0 Å². The van der Waals surface area contributed by atoms with E-state index in [4.69, 9.17) is 10.2 Å². The topological polar surface area (TPSA) is 86.6 Å². The van der Waals surface area contributed by atoms with Gasteiger partial charge in [-0.3, -0.25) is 0 Å². The van der Waals surface area contributed by atoms with Gasteiger partial charge in [-0.05, 0) is 13.1 Å². The summed E-state index contributed by atoms with van der Waals surface area (Å²) in [6.07, 6.45) is 1.12. The lowest BCUT2D eigenvalue weighted by Gasteiger charge is -1.86. The Balaban J connectivity index is 0. The van der Waals surface area contributed by atoms with Crippen molar-refractivity contribution < 1.29 is 19.8 Å². The highest BCUT2D eigenvalue weighted by molar-refractivity contribution is 5.89. The van der Waals surface area contributed by atoms with Crippen LogP contribution in [0.4, 0.5) is 0 Å². The molecule has 0 aliphatic heterocycles. The van der Waals surface area contributed by atoms with Crippen molar-refractivity contribution in [1.82, 2.24) is 5.32 Å². The molecule has 0 saturated heterocycles. The highest BCUT2D eigenvalue weighted by Crippen LogP contribution is 1.70. The number of carboxylic acid groups (broad SMARTS) is 2. The summed E-state index contributed by atoms with van der Waals surface area (Å²) in [6.45, 7) is 6.39. The van der Waals surface area contributed by atoms with Crippen LogP contribution in [0, 0.1) is 0 Å². The largest absolute Gasteiger partial charge is 0.478 e. The fraction of sp³-hybridized carbons (Fsp3) is 0.500. The van der Waals surface area contributed by atoms with E-state index < -0.39 is 11.9 Å². The number of carbonyl (C=O) groups is 2. The van der Waals surface area contributed by atoms with Crippen LogP contribution in [0.2, 0.25) is 0 Å². The summed E-state index contributed by atoms with van der Waals surface area (Å²) in [5.41, 5.74) is 0. The average molecular weight is 189 g/mol. The van der Waals surface area contributed by atoms with Crippen LogP contribution in [0.5, 0.6) is 0 Å². The van der Waals surface area contributed by atoms with Gasteiger partial charge in [0.1, 0.15) is 0 Å². The van der Waals surface area contributed by atoms with Gasteiger partial charge < -0.3 is 15.5 Å². The third-order valence-corrected chi connectivity index (χ3v) is 0.868. The lowest BCUT2D eigenvalue weighted by atomic mass is 10.5. The summed E-state index contributed by atoms with van der Waals surface area (Å²) < 4.78 is 0. The van der Waals surface area contributed by atoms with E-state index in [-0.39, 0.29) is 0 Å². The van der Waals surface area contributed by atoms with Gasteiger partial charge in [0.05, 0.1) is 0 Å². The maximum Gasteiger partial charge on any atom is 0.328 e. The van der Waals surface area contributed by atoms with Crippen LogP contribution in [0.25, 0.3) is 0 Å². The maximum atomic E-state index is 9.55. The van der Waals surface area contributed by atoms with E-state index in [1.165, 1.54) is 0 Å². The minimum atomic E-state index is -1.26. The summed E-state index contributed by atoms with van der Waals surface area (Å²) in [7, 11) is 0. The maximum absolute atomic E-state index is 9.55. The van der Waals surface area contributed by atoms with Gasteiger partial charge in [-0.15, -0.1) is 0 Å². The standard InChI is InChI=1S/C4H11N.C4H4O4/c1-3-5-4-2;5-3(6)1-2-4(7)8/h5H,3-4H2,1-2H3;1-2H,(H,5,6)(H,7,8)/b;2-1+. The molecule has 0 aromatic carbocycles. The fourth-order valence-corrected chi connectivity index (χ4v) is 0.393. The zero-order chi connectivity index (χ0) is 10.7. The third-order valence-electron chi connectivity index (χ3n) is 0.868. The Kier molecular flexibility index (Phi) is 11.6. The molecule has 0 atom stereocenters. The normalized spacial score (nSPS) is 9.08. The Hall–Kier alpha value is -1.36. The predicted molar refractivity (Wildman–Crippen MR) is 48.6 cm³/mol. The Bertz CT molecular complexity index is 159. The van der Waals surface area contributed by atoms with Crippen LogP contribution in [0.1, 0.15) is 13.8 Å². The molecule has 0 aliphatic rings. The lowest BCUT2D eigenvalue weighted by molar-refractivity contribution is -0.134. The van der Waals surface area contributed by atoms with E-state index in [0.29, 0.717) is 12.2 Å². The molecule has 76 valence electrons. The van der Waals surface area contributed by atoms with Gasteiger partial charge in [0.2, 0.25) is 0 Å². The Morgan fingerprint density at radius 1 is 1.08 bits per heavy atom. The third kappa shape index (κ3) is 25.0. The molecule has 0 radical (unpaired) electrons. The average Bonchev–Trinajstić information content (AvgIpc) is 2.03. The predicted octanol–water partition coefficient (Wildman–Crippen LogP) is 0.328. The molecule has 3 N–H and O–H groups in total. The van der Waals surface area contributed by atoms with Crippen molar-refractivity contribution in [2.24, 2.45) is 0 Å². The van der Waals surface area contributed by atoms with Crippen molar-refractivity contribution in [1.29, 1.82) is 0 Å². The molecule has 0 rings (SSSR count). The molecule has 0 fully saturated rings. The second-order valence-electron chi connectivity index (χ2n) is 1.97. The Morgan fingerprint density at radius 3 is 1.46 bits per heavy atom. The summed E-state index contributed by atoms with van der Waals surface area (Å²) in [4.78, 5) is 19.1. The van der Waals surface area contributed by atoms with Crippen LogP contribution in [-0.2, 0) is 9.59 Å². The first-order valence-electron chi connectivity index (χ1n) is 3.89. The second kappa shape index (κ2) is 10.6. The smallest absolute Gasteiger partial charge is 0.328 e. The molecule has 0 unspecified atom stereocenters. The van der Waals surface area contributed by atoms with Gasteiger partial charge >= 0.3 is 11.9 Å². The first-order chi connectivity index (χ1) is 6.04. The summed E-state index contributed by atoms with van der Waals surface area (Å²) in [5.74, 6) is -2.51. The number of nitrogens with one attached hydrogen (secondary N) is 1. The van der Waals surface area contributed by atoms with E-state index in [1.54, 1.807) is 0 Å². The van der Waals surface area contributed by atoms with Crippen LogP contribution < -0.4 is 5.32 Å². The van der Waals surface area contributed by atoms with Gasteiger partial charge in [-0.25, -0.2) is 9.59 Å². The van der Waals surface area contributed by atoms with Crippen molar-refractivity contribution in [2.45, 2.75) is 13.8 Å². The fourth-order valence-electron chi connectivity index (χ4n) is 0.393. The molecule has 5 heteroatoms. The first kappa shape index (κ1) is 14.2. The monoisotopic (exact) mass is 189 g/mol. The summed E-state index contributed by atoms with van der Waals surface area (Å²) >= 11 is 0. The van der Waals surface area contributed by atoms with Crippen molar-refractivity contribution in [3.8, 4) is 0 Å². The van der Waals surface area contributed by atoms with E-state index in [1.807, 2.05) is 0 Å². The summed E-state index contributed by atoms with van der Waals surface area (Å²) in [5, 5.41) is 18.7. The van der Waals surface area contributed by atoms with Crippen molar-refractivity contribution in [3.63, 3.8) is 0 Å². The number of aliphatic carboxylic acids is 2. The Morgan fingerprint density at radius 2 is 1.38 bits per heavy atom. The van der Waals surface area contributed by atoms with Crippen molar-refractivity contribution >= 4 is 11.9 Å². The van der Waals surface area contributed by atoms with Crippen LogP contribution in [0.15, 0.2) is 12.2 Å². The molecule has 0 heterocycles. The van der Waals surface area contributed by atoms with E-state index in [9.17, 15) is 9.59 Å². The first-order valence-corrected chi connectivity index (χ1v) is 3.89. The van der Waals surface area contributed by atoms with Gasteiger partial charge in [0.25, 0.3) is 0 Å². The molecular weight excluding hydrogens is 174 g/mol. The van der Waals surface area contributed by atoms with Gasteiger partial charge in [0.15, 0.2) is 0 Å². The van der Waals surface area contributed by atoms with Gasteiger partial charge in [-0.1, -0.05) is 13.8 Å². The van der Waals surface area contributed by atoms with Crippen LogP contribution in [-0.4, -0.2) is 35.2 Å². The molecule has 0 amide bonds. The zero-order valence-electron chi connectivity index (χ0n) is 7.78. The van der Waals surface area contributed by atoms with E-state index in [2.05, 4.69) is 19.2 Å². The minimum Gasteiger partial charge on any atom is -0.478 e.